The first-order valence-corrected chi connectivity index (χ1v) is 6.94. The van der Waals surface area contributed by atoms with E-state index in [1.807, 2.05) is 0 Å². The van der Waals surface area contributed by atoms with E-state index in [1.165, 1.54) is 13.1 Å². The molecule has 0 spiro atoms. The normalized spacial score (nSPS) is 11.6. The van der Waals surface area contributed by atoms with Crippen LogP contribution >= 0.6 is 0 Å². The van der Waals surface area contributed by atoms with Crippen molar-refractivity contribution in [3.63, 3.8) is 0 Å². The van der Waals surface area contributed by atoms with Crippen LogP contribution in [-0.2, 0) is 17.1 Å². The zero-order chi connectivity index (χ0) is 15.1. The van der Waals surface area contributed by atoms with Crippen LogP contribution in [0.2, 0.25) is 0 Å². The van der Waals surface area contributed by atoms with Crippen LogP contribution in [0.25, 0.3) is 11.4 Å². The average Bonchev–Trinajstić information content (AvgIpc) is 2.69. The molecule has 0 fully saturated rings. The van der Waals surface area contributed by atoms with Crippen molar-refractivity contribution >= 4 is 15.7 Å². The van der Waals surface area contributed by atoms with Crippen molar-refractivity contribution in [2.75, 3.05) is 0 Å². The summed E-state index contributed by atoms with van der Waals surface area (Å²) < 4.78 is 23.7. The fraction of sp³-hybridized carbons (Fsp3) is 0.200. The Bertz CT molecular complexity index is 796. The van der Waals surface area contributed by atoms with E-state index in [0.29, 0.717) is 5.56 Å². The predicted octanol–water partition coefficient (Wildman–Crippen LogP) is 0.346. The molecule has 20 heavy (non-hydrogen) atoms. The van der Waals surface area contributed by atoms with E-state index in [1.54, 1.807) is 19.1 Å². The molecule has 0 aliphatic carbocycles. The van der Waals surface area contributed by atoms with E-state index >= 15 is 0 Å². The summed E-state index contributed by atoms with van der Waals surface area (Å²) in [6.45, 7) is 1.58. The number of nitrogens with zero attached hydrogens (tertiary/aromatic N) is 4. The van der Waals surface area contributed by atoms with E-state index in [2.05, 4.69) is 10.2 Å². The van der Waals surface area contributed by atoms with Gasteiger partial charge in [0.2, 0.25) is 0 Å². The van der Waals surface area contributed by atoms with Gasteiger partial charge in [0.15, 0.2) is 5.82 Å². The molecule has 1 aromatic carbocycles. The summed E-state index contributed by atoms with van der Waals surface area (Å²) in [5.74, 6) is 0.0597. The molecule has 0 aliphatic heterocycles. The number of nitrogens with two attached hydrogens (primary N) is 1. The first-order chi connectivity index (χ1) is 9.23. The fourth-order valence-electron chi connectivity index (χ4n) is 1.88. The van der Waals surface area contributed by atoms with Crippen LogP contribution in [0.4, 0.5) is 5.69 Å². The summed E-state index contributed by atoms with van der Waals surface area (Å²) in [6.07, 6.45) is 0. The van der Waals surface area contributed by atoms with Crippen LogP contribution in [0, 0.1) is 17.0 Å². The molecule has 0 radical (unpaired) electrons. The highest BCUT2D eigenvalue weighted by Crippen LogP contribution is 2.31. The van der Waals surface area contributed by atoms with Crippen LogP contribution in [0.15, 0.2) is 23.4 Å². The van der Waals surface area contributed by atoms with Crippen LogP contribution in [0.1, 0.15) is 5.56 Å². The molecule has 0 amide bonds. The van der Waals surface area contributed by atoms with Crippen molar-refractivity contribution in [2.24, 2.45) is 12.2 Å². The van der Waals surface area contributed by atoms with Gasteiger partial charge in [-0.2, -0.15) is 0 Å². The molecule has 106 valence electrons. The number of para-hydroxylation sites is 1. The summed E-state index contributed by atoms with van der Waals surface area (Å²) in [7, 11) is -2.67. The Kier molecular flexibility index (Phi) is 3.28. The smallest absolute Gasteiger partial charge is 0.283 e. The van der Waals surface area contributed by atoms with Crippen molar-refractivity contribution < 1.29 is 13.3 Å². The summed E-state index contributed by atoms with van der Waals surface area (Å²) in [5, 5.41) is 22.8. The first kappa shape index (κ1) is 14.1. The number of nitro groups is 1. The molecule has 1 heterocycles. The summed E-state index contributed by atoms with van der Waals surface area (Å²) in [6, 6.07) is 4.67. The van der Waals surface area contributed by atoms with E-state index in [9.17, 15) is 18.5 Å². The third-order valence-corrected chi connectivity index (χ3v) is 3.62. The Labute approximate surface area is 114 Å². The maximum Gasteiger partial charge on any atom is 0.283 e. The maximum atomic E-state index is 11.3. The summed E-state index contributed by atoms with van der Waals surface area (Å²) in [4.78, 5) is 10.6. The number of nitro benzene ring substituents is 1. The van der Waals surface area contributed by atoms with Gasteiger partial charge in [-0.3, -0.25) is 14.7 Å². The molecule has 0 saturated carbocycles. The summed E-state index contributed by atoms with van der Waals surface area (Å²) in [5.41, 5.74) is 0.469. The third kappa shape index (κ3) is 2.26. The highest BCUT2D eigenvalue weighted by Gasteiger charge is 2.25. The number of hydrogen-bond donors (Lipinski definition) is 1. The van der Waals surface area contributed by atoms with E-state index in [4.69, 9.17) is 5.14 Å². The standard InChI is InChI=1S/C10H11N5O4S/c1-6-4-3-5-7(8(6)15(16)17)9-12-13-10(14(9)2)20(11,18)19/h3-5H,1-2H3,(H2,11,18,19). The lowest BCUT2D eigenvalue weighted by atomic mass is 10.1. The highest BCUT2D eigenvalue weighted by molar-refractivity contribution is 7.89. The predicted molar refractivity (Wildman–Crippen MR) is 69.2 cm³/mol. The van der Waals surface area contributed by atoms with Gasteiger partial charge in [-0.15, -0.1) is 10.2 Å². The maximum absolute atomic E-state index is 11.3. The van der Waals surface area contributed by atoms with Gasteiger partial charge in [-0.1, -0.05) is 12.1 Å². The molecule has 0 bridgehead atoms. The largest absolute Gasteiger partial charge is 0.300 e. The van der Waals surface area contributed by atoms with Crippen molar-refractivity contribution in [1.29, 1.82) is 0 Å². The molecule has 0 aliphatic rings. The first-order valence-electron chi connectivity index (χ1n) is 5.40. The van der Waals surface area contributed by atoms with E-state index < -0.39 is 20.1 Å². The number of rotatable bonds is 3. The second-order valence-electron chi connectivity index (χ2n) is 4.14. The van der Waals surface area contributed by atoms with Gasteiger partial charge in [0, 0.05) is 12.6 Å². The third-order valence-electron chi connectivity index (χ3n) is 2.75. The highest BCUT2D eigenvalue weighted by atomic mass is 32.2. The van der Waals surface area contributed by atoms with Crippen molar-refractivity contribution in [1.82, 2.24) is 14.8 Å². The minimum atomic E-state index is -4.04. The topological polar surface area (TPSA) is 134 Å². The molecule has 2 aromatic rings. The molecular weight excluding hydrogens is 286 g/mol. The molecule has 0 saturated heterocycles. The lowest BCUT2D eigenvalue weighted by Crippen LogP contribution is -2.17. The van der Waals surface area contributed by atoms with Gasteiger partial charge >= 0.3 is 0 Å². The van der Waals surface area contributed by atoms with Gasteiger partial charge in [-0.05, 0) is 13.0 Å². The number of aromatic nitrogens is 3. The van der Waals surface area contributed by atoms with Crippen LogP contribution in [0.3, 0.4) is 0 Å². The molecule has 2 rings (SSSR count). The second kappa shape index (κ2) is 4.65. The SMILES string of the molecule is Cc1cccc(-c2nnc(S(N)(=O)=O)n2C)c1[N+](=O)[O-]. The molecule has 9 nitrogen and oxygen atoms in total. The average molecular weight is 297 g/mol. The van der Waals surface area contributed by atoms with Crippen molar-refractivity contribution in [3.8, 4) is 11.4 Å². The molecule has 1 aromatic heterocycles. The van der Waals surface area contributed by atoms with Gasteiger partial charge < -0.3 is 0 Å². The number of benzene rings is 1. The Balaban J connectivity index is 2.74. The molecule has 2 N–H and O–H groups in total. The molecule has 10 heteroatoms. The molecule has 0 atom stereocenters. The van der Waals surface area contributed by atoms with E-state index in [0.717, 1.165) is 4.57 Å². The Morgan fingerprint density at radius 2 is 2.00 bits per heavy atom. The zero-order valence-corrected chi connectivity index (χ0v) is 11.5. The Hall–Kier alpha value is -2.33. The minimum absolute atomic E-state index is 0.0597. The lowest BCUT2D eigenvalue weighted by Gasteiger charge is -2.05. The van der Waals surface area contributed by atoms with Crippen LogP contribution in [-0.4, -0.2) is 28.1 Å². The monoisotopic (exact) mass is 297 g/mol. The molecule has 0 unspecified atom stereocenters. The van der Waals surface area contributed by atoms with Crippen molar-refractivity contribution in [2.45, 2.75) is 12.1 Å². The van der Waals surface area contributed by atoms with Crippen LogP contribution in [0.5, 0.6) is 0 Å². The van der Waals surface area contributed by atoms with Gasteiger partial charge in [-0.25, -0.2) is 13.6 Å². The van der Waals surface area contributed by atoms with Gasteiger partial charge in [0.1, 0.15) is 0 Å². The second-order valence-corrected chi connectivity index (χ2v) is 5.59. The number of hydrogen-bond acceptors (Lipinski definition) is 6. The minimum Gasteiger partial charge on any atom is -0.300 e. The van der Waals surface area contributed by atoms with Crippen LogP contribution < -0.4 is 5.14 Å². The number of sulfonamides is 1. The quantitative estimate of drug-likeness (QED) is 0.641. The molecular formula is C10H11N5O4S. The Morgan fingerprint density at radius 3 is 2.50 bits per heavy atom. The fourth-order valence-corrected chi connectivity index (χ4v) is 2.50. The number of primary sulfonamides is 1. The number of aryl methyl sites for hydroxylation is 1. The summed E-state index contributed by atoms with van der Waals surface area (Å²) >= 11 is 0. The zero-order valence-electron chi connectivity index (χ0n) is 10.6. The Morgan fingerprint density at radius 1 is 1.35 bits per heavy atom. The van der Waals surface area contributed by atoms with Crippen molar-refractivity contribution in [3.05, 3.63) is 33.9 Å². The van der Waals surface area contributed by atoms with Gasteiger partial charge in [0.25, 0.3) is 20.9 Å². The lowest BCUT2D eigenvalue weighted by molar-refractivity contribution is -0.384. The van der Waals surface area contributed by atoms with Gasteiger partial charge in [0.05, 0.1) is 10.5 Å². The van der Waals surface area contributed by atoms with E-state index in [-0.39, 0.29) is 17.1 Å².